The summed E-state index contributed by atoms with van der Waals surface area (Å²) in [6.07, 6.45) is 3.74. The predicted octanol–water partition coefficient (Wildman–Crippen LogP) is 1.71. The summed E-state index contributed by atoms with van der Waals surface area (Å²) in [5, 5.41) is 2.91. The molecular weight excluding hydrogens is 394 g/mol. The summed E-state index contributed by atoms with van der Waals surface area (Å²) in [6, 6.07) is 8.87. The molecule has 158 valence electrons. The third-order valence-electron chi connectivity index (χ3n) is 5.68. The molecule has 9 heteroatoms. The molecule has 1 heterocycles. The second-order valence-corrected chi connectivity index (χ2v) is 10.3. The SMILES string of the molecule is CC1(CCc2ccccc2)NC(=O)N(NC(=O)CCS(=O)(=O)C2CCCC2)C1=O. The van der Waals surface area contributed by atoms with Gasteiger partial charge in [0.25, 0.3) is 5.91 Å². The van der Waals surface area contributed by atoms with Gasteiger partial charge in [-0.15, -0.1) is 0 Å². The van der Waals surface area contributed by atoms with E-state index in [9.17, 15) is 22.8 Å². The number of sulfone groups is 1. The van der Waals surface area contributed by atoms with Crippen LogP contribution < -0.4 is 10.7 Å². The maximum atomic E-state index is 12.7. The van der Waals surface area contributed by atoms with Gasteiger partial charge in [0.15, 0.2) is 9.84 Å². The van der Waals surface area contributed by atoms with Crippen molar-refractivity contribution < 1.29 is 22.8 Å². The number of carbonyl (C=O) groups excluding carboxylic acids is 3. The number of nitrogens with one attached hydrogen (secondary N) is 2. The standard InChI is InChI=1S/C20H27N3O5S/c1-20(13-11-15-7-3-2-4-8-15)18(25)23(19(26)21-20)22-17(24)12-14-29(27,28)16-9-5-6-10-16/h2-4,7-8,16H,5-6,9-14H2,1H3,(H,21,26)(H,22,24). The van der Waals surface area contributed by atoms with E-state index >= 15 is 0 Å². The Kier molecular flexibility index (Phi) is 6.26. The fourth-order valence-corrected chi connectivity index (χ4v) is 5.68. The Morgan fingerprint density at radius 2 is 1.86 bits per heavy atom. The monoisotopic (exact) mass is 421 g/mol. The molecule has 1 aliphatic carbocycles. The highest BCUT2D eigenvalue weighted by molar-refractivity contribution is 7.92. The summed E-state index contributed by atoms with van der Waals surface area (Å²) >= 11 is 0. The van der Waals surface area contributed by atoms with E-state index in [1.807, 2.05) is 30.3 Å². The lowest BCUT2D eigenvalue weighted by atomic mass is 9.93. The number of aryl methyl sites for hydroxylation is 1. The van der Waals surface area contributed by atoms with Crippen LogP contribution >= 0.6 is 0 Å². The first kappa shape index (κ1) is 21.3. The molecule has 8 nitrogen and oxygen atoms in total. The Labute approximate surface area is 170 Å². The number of rotatable bonds is 8. The Bertz CT molecular complexity index is 881. The lowest BCUT2D eigenvalue weighted by Gasteiger charge is -2.21. The lowest BCUT2D eigenvalue weighted by Crippen LogP contribution is -2.49. The smallest absolute Gasteiger partial charge is 0.322 e. The van der Waals surface area contributed by atoms with Gasteiger partial charge in [-0.25, -0.2) is 13.2 Å². The fraction of sp³-hybridized carbons (Fsp3) is 0.550. The number of carbonyl (C=O) groups is 3. The molecule has 1 saturated heterocycles. The summed E-state index contributed by atoms with van der Waals surface area (Å²) in [7, 11) is -3.34. The Balaban J connectivity index is 1.54. The highest BCUT2D eigenvalue weighted by Gasteiger charge is 2.48. The van der Waals surface area contributed by atoms with Gasteiger partial charge in [0.1, 0.15) is 5.54 Å². The van der Waals surface area contributed by atoms with Crippen LogP contribution in [0.4, 0.5) is 4.79 Å². The minimum atomic E-state index is -3.34. The van der Waals surface area contributed by atoms with E-state index in [0.717, 1.165) is 18.4 Å². The van der Waals surface area contributed by atoms with Crippen LogP contribution in [0.5, 0.6) is 0 Å². The molecule has 1 saturated carbocycles. The lowest BCUT2D eigenvalue weighted by molar-refractivity contribution is -0.138. The van der Waals surface area contributed by atoms with Crippen LogP contribution in [0.25, 0.3) is 0 Å². The Hall–Kier alpha value is -2.42. The average molecular weight is 422 g/mol. The van der Waals surface area contributed by atoms with E-state index in [1.54, 1.807) is 6.92 Å². The zero-order valence-electron chi connectivity index (χ0n) is 16.5. The molecule has 2 aliphatic rings. The first-order chi connectivity index (χ1) is 13.7. The Morgan fingerprint density at radius 3 is 2.52 bits per heavy atom. The highest BCUT2D eigenvalue weighted by atomic mass is 32.2. The van der Waals surface area contributed by atoms with Crippen LogP contribution in [-0.4, -0.2) is 47.8 Å². The van der Waals surface area contributed by atoms with Gasteiger partial charge in [0.2, 0.25) is 5.91 Å². The molecule has 4 amide bonds. The minimum Gasteiger partial charge on any atom is -0.322 e. The molecule has 0 radical (unpaired) electrons. The Morgan fingerprint density at radius 1 is 1.21 bits per heavy atom. The number of hydrogen-bond acceptors (Lipinski definition) is 5. The van der Waals surface area contributed by atoms with Crippen molar-refractivity contribution in [3.8, 4) is 0 Å². The maximum absolute atomic E-state index is 12.7. The molecule has 2 N–H and O–H groups in total. The first-order valence-electron chi connectivity index (χ1n) is 9.93. The summed E-state index contributed by atoms with van der Waals surface area (Å²) < 4.78 is 24.6. The van der Waals surface area contributed by atoms with Crippen molar-refractivity contribution in [2.75, 3.05) is 5.75 Å². The van der Waals surface area contributed by atoms with Gasteiger partial charge in [-0.3, -0.25) is 15.0 Å². The summed E-state index contributed by atoms with van der Waals surface area (Å²) in [5.74, 6) is -1.49. The molecule has 0 bridgehead atoms. The molecular formula is C20H27N3O5S. The van der Waals surface area contributed by atoms with Gasteiger partial charge in [-0.1, -0.05) is 43.2 Å². The van der Waals surface area contributed by atoms with Crippen LogP contribution in [0.1, 0.15) is 51.0 Å². The summed E-state index contributed by atoms with van der Waals surface area (Å²) in [6.45, 7) is 1.62. The molecule has 1 aromatic rings. The molecule has 29 heavy (non-hydrogen) atoms. The predicted molar refractivity (Wildman–Crippen MR) is 107 cm³/mol. The zero-order chi connectivity index (χ0) is 21.1. The second kappa shape index (κ2) is 8.52. The number of hydrogen-bond donors (Lipinski definition) is 2. The van der Waals surface area contributed by atoms with E-state index in [-0.39, 0.29) is 17.4 Å². The summed E-state index contributed by atoms with van der Waals surface area (Å²) in [5.41, 5.74) is 2.17. The van der Waals surface area contributed by atoms with Gasteiger partial charge in [0.05, 0.1) is 11.0 Å². The van der Waals surface area contributed by atoms with Crippen molar-refractivity contribution in [3.05, 3.63) is 35.9 Å². The third-order valence-corrected chi connectivity index (χ3v) is 7.94. The highest BCUT2D eigenvalue weighted by Crippen LogP contribution is 2.26. The number of hydrazine groups is 1. The van der Waals surface area contributed by atoms with Crippen molar-refractivity contribution in [2.24, 2.45) is 0 Å². The van der Waals surface area contributed by atoms with E-state index in [1.165, 1.54) is 0 Å². The van der Waals surface area contributed by atoms with E-state index in [0.29, 0.717) is 30.7 Å². The maximum Gasteiger partial charge on any atom is 0.344 e. The minimum absolute atomic E-state index is 0.279. The van der Waals surface area contributed by atoms with Crippen molar-refractivity contribution in [1.82, 2.24) is 15.8 Å². The van der Waals surface area contributed by atoms with Crippen molar-refractivity contribution >= 4 is 27.7 Å². The fourth-order valence-electron chi connectivity index (χ4n) is 3.82. The number of imide groups is 1. The number of nitrogens with zero attached hydrogens (tertiary/aromatic N) is 1. The van der Waals surface area contributed by atoms with Crippen LogP contribution in [0, 0.1) is 0 Å². The van der Waals surface area contributed by atoms with Gasteiger partial charge < -0.3 is 5.32 Å². The van der Waals surface area contributed by atoms with E-state index in [2.05, 4.69) is 10.7 Å². The molecule has 3 rings (SSSR count). The number of benzene rings is 1. The van der Waals surface area contributed by atoms with Gasteiger partial charge in [0, 0.05) is 6.42 Å². The van der Waals surface area contributed by atoms with Crippen LogP contribution in [0.2, 0.25) is 0 Å². The average Bonchev–Trinajstić information content (AvgIpc) is 3.31. The topological polar surface area (TPSA) is 113 Å². The largest absolute Gasteiger partial charge is 0.344 e. The van der Waals surface area contributed by atoms with E-state index < -0.39 is 33.2 Å². The van der Waals surface area contributed by atoms with Crippen molar-refractivity contribution in [1.29, 1.82) is 0 Å². The summed E-state index contributed by atoms with van der Waals surface area (Å²) in [4.78, 5) is 37.1. The van der Waals surface area contributed by atoms with Crippen LogP contribution in [0.3, 0.4) is 0 Å². The van der Waals surface area contributed by atoms with Gasteiger partial charge in [-0.05, 0) is 38.2 Å². The van der Waals surface area contributed by atoms with Crippen LogP contribution in [0.15, 0.2) is 30.3 Å². The van der Waals surface area contributed by atoms with Crippen molar-refractivity contribution in [2.45, 2.75) is 62.7 Å². The third kappa shape index (κ3) is 4.95. The van der Waals surface area contributed by atoms with E-state index in [4.69, 9.17) is 0 Å². The quantitative estimate of drug-likeness (QED) is 0.621. The molecule has 1 aromatic carbocycles. The number of amides is 4. The van der Waals surface area contributed by atoms with Gasteiger partial charge >= 0.3 is 6.03 Å². The normalized spacial score (nSPS) is 22.7. The van der Waals surface area contributed by atoms with Crippen LogP contribution in [-0.2, 0) is 25.8 Å². The first-order valence-corrected chi connectivity index (χ1v) is 11.6. The van der Waals surface area contributed by atoms with Gasteiger partial charge in [-0.2, -0.15) is 5.01 Å². The van der Waals surface area contributed by atoms with Crippen molar-refractivity contribution in [3.63, 3.8) is 0 Å². The molecule has 1 aliphatic heterocycles. The molecule has 1 unspecified atom stereocenters. The molecule has 1 atom stereocenters. The molecule has 0 aromatic heterocycles. The number of urea groups is 1. The second-order valence-electron chi connectivity index (χ2n) is 7.95. The molecule has 2 fully saturated rings. The zero-order valence-corrected chi connectivity index (χ0v) is 17.3. The molecule has 0 spiro atoms.